The van der Waals surface area contributed by atoms with Gasteiger partial charge in [0, 0.05) is 30.1 Å². The molecule has 0 aromatic heterocycles. The summed E-state index contributed by atoms with van der Waals surface area (Å²) in [6.07, 6.45) is 0.890. The van der Waals surface area contributed by atoms with Crippen molar-refractivity contribution in [1.29, 1.82) is 0 Å². The zero-order valence-corrected chi connectivity index (χ0v) is 13.6. The van der Waals surface area contributed by atoms with Gasteiger partial charge in [0.1, 0.15) is 5.75 Å². The molecule has 1 aliphatic heterocycles. The summed E-state index contributed by atoms with van der Waals surface area (Å²) in [7, 11) is 1.66. The highest BCUT2D eigenvalue weighted by molar-refractivity contribution is 5.99. The Kier molecular flexibility index (Phi) is 4.51. The van der Waals surface area contributed by atoms with Crippen molar-refractivity contribution in [3.8, 4) is 5.75 Å². The second-order valence-electron chi connectivity index (χ2n) is 5.92. The fourth-order valence-corrected chi connectivity index (χ4v) is 3.19. The molecule has 2 N–H and O–H groups in total. The summed E-state index contributed by atoms with van der Waals surface area (Å²) in [5, 5.41) is 0. The molecule has 1 aliphatic rings. The largest absolute Gasteiger partial charge is 0.496 e. The number of ether oxygens (including phenoxy) is 1. The Balaban J connectivity index is 1.77. The molecule has 1 atom stereocenters. The van der Waals surface area contributed by atoms with Crippen LogP contribution >= 0.6 is 0 Å². The predicted molar refractivity (Wildman–Crippen MR) is 91.2 cm³/mol. The van der Waals surface area contributed by atoms with Crippen LogP contribution in [0.5, 0.6) is 5.75 Å². The van der Waals surface area contributed by atoms with E-state index < -0.39 is 5.91 Å². The van der Waals surface area contributed by atoms with Crippen molar-refractivity contribution < 1.29 is 14.3 Å². The Morgan fingerprint density at radius 2 is 1.88 bits per heavy atom. The molecule has 1 fully saturated rings. The molecule has 0 aliphatic carbocycles. The van der Waals surface area contributed by atoms with Crippen molar-refractivity contribution in [2.45, 2.75) is 12.3 Å². The van der Waals surface area contributed by atoms with E-state index in [9.17, 15) is 9.59 Å². The molecule has 2 aromatic carbocycles. The van der Waals surface area contributed by atoms with Crippen LogP contribution in [0.15, 0.2) is 48.5 Å². The number of methoxy groups -OCH3 is 1. The summed E-state index contributed by atoms with van der Waals surface area (Å²) in [5.41, 5.74) is 7.26. The third-order valence-corrected chi connectivity index (χ3v) is 4.45. The van der Waals surface area contributed by atoms with E-state index in [-0.39, 0.29) is 11.8 Å². The van der Waals surface area contributed by atoms with E-state index in [1.807, 2.05) is 29.2 Å². The maximum absolute atomic E-state index is 12.7. The first kappa shape index (κ1) is 16.1. The lowest BCUT2D eigenvalue weighted by molar-refractivity contribution is 0.0790. The number of carbonyl (C=O) groups is 2. The highest BCUT2D eigenvalue weighted by atomic mass is 16.5. The lowest BCUT2D eigenvalue weighted by Crippen LogP contribution is -2.28. The van der Waals surface area contributed by atoms with Gasteiger partial charge in [0.15, 0.2) is 0 Å². The van der Waals surface area contributed by atoms with E-state index in [0.29, 0.717) is 24.2 Å². The molecule has 0 spiro atoms. The van der Waals surface area contributed by atoms with Gasteiger partial charge in [-0.3, -0.25) is 9.59 Å². The monoisotopic (exact) mass is 324 g/mol. The standard InChI is InChI=1S/C19H20N2O3/c1-24-17-8-3-2-7-16(17)15-9-10-21(12-15)19(23)14-6-4-5-13(11-14)18(20)22/h2-8,11,15H,9-10,12H2,1H3,(H2,20,22). The number of nitrogens with zero attached hydrogens (tertiary/aromatic N) is 1. The number of carbonyl (C=O) groups excluding carboxylic acids is 2. The lowest BCUT2D eigenvalue weighted by Gasteiger charge is -2.18. The molecule has 0 bridgehead atoms. The molecule has 2 amide bonds. The zero-order valence-electron chi connectivity index (χ0n) is 13.6. The Bertz CT molecular complexity index is 773. The number of para-hydroxylation sites is 1. The first-order valence-electron chi connectivity index (χ1n) is 7.92. The van der Waals surface area contributed by atoms with Crippen LogP contribution in [0.2, 0.25) is 0 Å². The van der Waals surface area contributed by atoms with Gasteiger partial charge < -0.3 is 15.4 Å². The maximum atomic E-state index is 12.7. The van der Waals surface area contributed by atoms with Crippen LogP contribution in [-0.2, 0) is 0 Å². The van der Waals surface area contributed by atoms with Crippen molar-refractivity contribution >= 4 is 11.8 Å². The molecule has 1 heterocycles. The number of nitrogens with two attached hydrogens (primary N) is 1. The number of rotatable bonds is 4. The third kappa shape index (κ3) is 3.11. The molecule has 2 aromatic rings. The Hall–Kier alpha value is -2.82. The Morgan fingerprint density at radius 1 is 1.12 bits per heavy atom. The Morgan fingerprint density at radius 3 is 2.62 bits per heavy atom. The highest BCUT2D eigenvalue weighted by Crippen LogP contribution is 2.33. The van der Waals surface area contributed by atoms with Crippen molar-refractivity contribution in [1.82, 2.24) is 4.90 Å². The molecule has 1 saturated heterocycles. The molecule has 124 valence electrons. The summed E-state index contributed by atoms with van der Waals surface area (Å²) in [5.74, 6) is 0.505. The smallest absolute Gasteiger partial charge is 0.253 e. The maximum Gasteiger partial charge on any atom is 0.253 e. The average Bonchev–Trinajstić information content (AvgIpc) is 3.11. The first-order valence-corrected chi connectivity index (χ1v) is 7.92. The van der Waals surface area contributed by atoms with Crippen molar-refractivity contribution in [3.05, 3.63) is 65.2 Å². The molecule has 1 unspecified atom stereocenters. The summed E-state index contributed by atoms with van der Waals surface area (Å²) in [4.78, 5) is 25.8. The normalized spacial score (nSPS) is 16.9. The number of hydrogen-bond acceptors (Lipinski definition) is 3. The molecule has 0 saturated carbocycles. The van der Waals surface area contributed by atoms with Crippen LogP contribution in [0.4, 0.5) is 0 Å². The second kappa shape index (κ2) is 6.74. The molecule has 5 nitrogen and oxygen atoms in total. The van der Waals surface area contributed by atoms with Crippen molar-refractivity contribution in [3.63, 3.8) is 0 Å². The zero-order chi connectivity index (χ0) is 17.1. The molecule has 24 heavy (non-hydrogen) atoms. The highest BCUT2D eigenvalue weighted by Gasteiger charge is 2.29. The Labute approximate surface area is 141 Å². The minimum Gasteiger partial charge on any atom is -0.496 e. The van der Waals surface area contributed by atoms with Gasteiger partial charge in [0.25, 0.3) is 5.91 Å². The van der Waals surface area contributed by atoms with Gasteiger partial charge in [-0.25, -0.2) is 0 Å². The first-order chi connectivity index (χ1) is 11.6. The van der Waals surface area contributed by atoms with Gasteiger partial charge in [0.2, 0.25) is 5.91 Å². The van der Waals surface area contributed by atoms with Crippen LogP contribution < -0.4 is 10.5 Å². The summed E-state index contributed by atoms with van der Waals surface area (Å²) in [6.45, 7) is 1.32. The second-order valence-corrected chi connectivity index (χ2v) is 5.92. The topological polar surface area (TPSA) is 72.6 Å². The molecular weight excluding hydrogens is 304 g/mol. The van der Waals surface area contributed by atoms with Gasteiger partial charge in [-0.1, -0.05) is 24.3 Å². The van der Waals surface area contributed by atoms with E-state index in [0.717, 1.165) is 17.7 Å². The van der Waals surface area contributed by atoms with Crippen LogP contribution in [0.25, 0.3) is 0 Å². The van der Waals surface area contributed by atoms with E-state index in [2.05, 4.69) is 0 Å². The summed E-state index contributed by atoms with van der Waals surface area (Å²) >= 11 is 0. The van der Waals surface area contributed by atoms with Gasteiger partial charge in [-0.2, -0.15) is 0 Å². The molecule has 0 radical (unpaired) electrons. The predicted octanol–water partition coefficient (Wildman–Crippen LogP) is 2.42. The van der Waals surface area contributed by atoms with Crippen LogP contribution in [0.1, 0.15) is 38.6 Å². The average molecular weight is 324 g/mol. The molecule has 3 rings (SSSR count). The van der Waals surface area contributed by atoms with Gasteiger partial charge >= 0.3 is 0 Å². The number of amides is 2. The molecular formula is C19H20N2O3. The fourth-order valence-electron chi connectivity index (χ4n) is 3.19. The minimum absolute atomic E-state index is 0.0736. The van der Waals surface area contributed by atoms with E-state index >= 15 is 0 Å². The van der Waals surface area contributed by atoms with E-state index in [1.54, 1.807) is 31.4 Å². The number of likely N-dealkylation sites (tertiary alicyclic amines) is 1. The van der Waals surface area contributed by atoms with Gasteiger partial charge in [-0.15, -0.1) is 0 Å². The van der Waals surface area contributed by atoms with Crippen molar-refractivity contribution in [2.75, 3.05) is 20.2 Å². The minimum atomic E-state index is -0.530. The fraction of sp³-hybridized carbons (Fsp3) is 0.263. The quantitative estimate of drug-likeness (QED) is 0.939. The lowest BCUT2D eigenvalue weighted by atomic mass is 9.97. The molecule has 5 heteroatoms. The van der Waals surface area contributed by atoms with Crippen LogP contribution in [0, 0.1) is 0 Å². The number of hydrogen-bond donors (Lipinski definition) is 1. The van der Waals surface area contributed by atoms with Gasteiger partial charge in [0.05, 0.1) is 7.11 Å². The number of primary amides is 1. The van der Waals surface area contributed by atoms with Gasteiger partial charge in [-0.05, 0) is 36.2 Å². The van der Waals surface area contributed by atoms with Crippen LogP contribution in [-0.4, -0.2) is 36.9 Å². The SMILES string of the molecule is COc1ccccc1C1CCN(C(=O)c2cccc(C(N)=O)c2)C1. The summed E-state index contributed by atoms with van der Waals surface area (Å²) in [6, 6.07) is 14.5. The summed E-state index contributed by atoms with van der Waals surface area (Å²) < 4.78 is 5.43. The third-order valence-electron chi connectivity index (χ3n) is 4.45. The van der Waals surface area contributed by atoms with E-state index in [1.165, 1.54) is 0 Å². The van der Waals surface area contributed by atoms with Crippen molar-refractivity contribution in [2.24, 2.45) is 5.73 Å². The number of benzene rings is 2. The van der Waals surface area contributed by atoms with E-state index in [4.69, 9.17) is 10.5 Å². The van der Waals surface area contributed by atoms with Crippen LogP contribution in [0.3, 0.4) is 0 Å².